The molecule has 1 heterocycles. The second-order valence-electron chi connectivity index (χ2n) is 6.12. The maximum atomic E-state index is 12.7. The zero-order valence-corrected chi connectivity index (χ0v) is 13.1. The lowest BCUT2D eigenvalue weighted by Crippen LogP contribution is -2.45. The number of fused-ring (bicyclic) bond motifs is 1. The molecule has 2 rings (SSSR count). The van der Waals surface area contributed by atoms with E-state index >= 15 is 0 Å². The highest BCUT2D eigenvalue weighted by Gasteiger charge is 2.43. The first kappa shape index (κ1) is 15.0. The molecule has 1 aromatic carbocycles. The molecule has 1 aromatic rings. The van der Waals surface area contributed by atoms with Crippen LogP contribution in [0.3, 0.4) is 0 Å². The molecule has 1 N–H and O–H groups in total. The first-order chi connectivity index (χ1) is 9.52. The van der Waals surface area contributed by atoms with Gasteiger partial charge in [0.1, 0.15) is 0 Å². The summed E-state index contributed by atoms with van der Waals surface area (Å²) in [7, 11) is 0. The van der Waals surface area contributed by atoms with Gasteiger partial charge in [-0.1, -0.05) is 32.0 Å². The molecule has 110 valence electrons. The fraction of sp³-hybridized carbons (Fsp3) is 0.588. The minimum atomic E-state index is -0.403. The number of hydrogen-bond donors (Lipinski definition) is 1. The van der Waals surface area contributed by atoms with E-state index in [2.05, 4.69) is 31.3 Å². The van der Waals surface area contributed by atoms with Gasteiger partial charge in [0.2, 0.25) is 5.91 Å². The summed E-state index contributed by atoms with van der Waals surface area (Å²) in [6, 6.07) is 8.54. The van der Waals surface area contributed by atoms with Crippen LogP contribution in [0.2, 0.25) is 0 Å². The van der Waals surface area contributed by atoms with Gasteiger partial charge >= 0.3 is 0 Å². The van der Waals surface area contributed by atoms with Crippen LogP contribution in [-0.4, -0.2) is 25.0 Å². The van der Waals surface area contributed by atoms with Crippen molar-refractivity contribution in [1.29, 1.82) is 0 Å². The van der Waals surface area contributed by atoms with E-state index in [0.717, 1.165) is 37.2 Å². The van der Waals surface area contributed by atoms with Crippen molar-refractivity contribution in [2.45, 2.75) is 52.0 Å². The summed E-state index contributed by atoms with van der Waals surface area (Å²) in [5, 5.41) is 3.53. The Morgan fingerprint density at radius 3 is 2.60 bits per heavy atom. The lowest BCUT2D eigenvalue weighted by atomic mass is 9.86. The monoisotopic (exact) mass is 274 g/mol. The Morgan fingerprint density at radius 2 is 1.95 bits per heavy atom. The summed E-state index contributed by atoms with van der Waals surface area (Å²) in [5.74, 6) is 0.218. The minimum absolute atomic E-state index is 0.218. The predicted octanol–water partition coefficient (Wildman–Crippen LogP) is 3.09. The number of anilines is 1. The number of hydrogen-bond acceptors (Lipinski definition) is 2. The van der Waals surface area contributed by atoms with Crippen molar-refractivity contribution in [2.24, 2.45) is 0 Å². The van der Waals surface area contributed by atoms with Crippen molar-refractivity contribution in [1.82, 2.24) is 5.32 Å². The van der Waals surface area contributed by atoms with Crippen LogP contribution in [0.1, 0.15) is 46.1 Å². The van der Waals surface area contributed by atoms with Crippen LogP contribution < -0.4 is 10.2 Å². The quantitative estimate of drug-likeness (QED) is 0.864. The molecule has 1 aliphatic rings. The Kier molecular flexibility index (Phi) is 4.48. The number of nitrogens with one attached hydrogen (secondary N) is 1. The SMILES string of the molecule is CCCNC(CC)CN1C(=O)C(C)(C)c2ccccc21. The summed E-state index contributed by atoms with van der Waals surface area (Å²) < 4.78 is 0. The predicted molar refractivity (Wildman–Crippen MR) is 84.2 cm³/mol. The van der Waals surface area contributed by atoms with E-state index in [4.69, 9.17) is 0 Å². The average molecular weight is 274 g/mol. The van der Waals surface area contributed by atoms with Crippen LogP contribution >= 0.6 is 0 Å². The molecular formula is C17H26N2O. The number of nitrogens with zero attached hydrogens (tertiary/aromatic N) is 1. The molecule has 3 nitrogen and oxygen atoms in total. The van der Waals surface area contributed by atoms with Gasteiger partial charge in [0, 0.05) is 18.3 Å². The van der Waals surface area contributed by atoms with Crippen LogP contribution in [0.15, 0.2) is 24.3 Å². The molecule has 0 aromatic heterocycles. The molecule has 0 spiro atoms. The normalized spacial score (nSPS) is 18.2. The number of benzene rings is 1. The average Bonchev–Trinajstić information content (AvgIpc) is 2.64. The first-order valence-electron chi connectivity index (χ1n) is 7.67. The second-order valence-corrected chi connectivity index (χ2v) is 6.12. The molecule has 0 fully saturated rings. The van der Waals surface area contributed by atoms with Crippen LogP contribution in [0.5, 0.6) is 0 Å². The van der Waals surface area contributed by atoms with Crippen LogP contribution in [0, 0.1) is 0 Å². The van der Waals surface area contributed by atoms with Gasteiger partial charge in [-0.05, 0) is 44.9 Å². The minimum Gasteiger partial charge on any atom is -0.312 e. The van der Waals surface area contributed by atoms with Gasteiger partial charge in [-0.2, -0.15) is 0 Å². The van der Waals surface area contributed by atoms with E-state index in [-0.39, 0.29) is 5.91 Å². The van der Waals surface area contributed by atoms with Crippen molar-refractivity contribution < 1.29 is 4.79 Å². The molecule has 0 saturated heterocycles. The van der Waals surface area contributed by atoms with Gasteiger partial charge in [0.15, 0.2) is 0 Å². The Morgan fingerprint density at radius 1 is 1.25 bits per heavy atom. The molecule has 0 radical (unpaired) electrons. The van der Waals surface area contributed by atoms with Crippen molar-refractivity contribution in [3.8, 4) is 0 Å². The van der Waals surface area contributed by atoms with Gasteiger partial charge in [0.05, 0.1) is 5.41 Å². The third-order valence-electron chi connectivity index (χ3n) is 4.23. The number of rotatable bonds is 6. The number of carbonyl (C=O) groups is 1. The topological polar surface area (TPSA) is 32.3 Å². The highest BCUT2D eigenvalue weighted by Crippen LogP contribution is 2.41. The van der Waals surface area contributed by atoms with E-state index < -0.39 is 5.41 Å². The van der Waals surface area contributed by atoms with E-state index in [9.17, 15) is 4.79 Å². The molecule has 1 atom stereocenters. The molecule has 1 amide bonds. The summed E-state index contributed by atoms with van der Waals surface area (Å²) >= 11 is 0. The Balaban J connectivity index is 2.22. The van der Waals surface area contributed by atoms with E-state index in [1.54, 1.807) is 0 Å². The molecule has 3 heteroatoms. The van der Waals surface area contributed by atoms with Crippen LogP contribution in [-0.2, 0) is 10.2 Å². The van der Waals surface area contributed by atoms with Gasteiger partial charge in [0.25, 0.3) is 0 Å². The molecule has 0 saturated carbocycles. The Labute approximate surface area is 122 Å². The number of carbonyl (C=O) groups excluding carboxylic acids is 1. The zero-order valence-electron chi connectivity index (χ0n) is 13.1. The Bertz CT molecular complexity index is 482. The maximum Gasteiger partial charge on any atom is 0.237 e. The van der Waals surface area contributed by atoms with Crippen LogP contribution in [0.4, 0.5) is 5.69 Å². The van der Waals surface area contributed by atoms with E-state index in [0.29, 0.717) is 6.04 Å². The van der Waals surface area contributed by atoms with Gasteiger partial charge < -0.3 is 10.2 Å². The smallest absolute Gasteiger partial charge is 0.237 e. The Hall–Kier alpha value is -1.35. The van der Waals surface area contributed by atoms with Crippen molar-refractivity contribution in [3.63, 3.8) is 0 Å². The molecule has 1 unspecified atom stereocenters. The molecule has 0 aliphatic carbocycles. The lowest BCUT2D eigenvalue weighted by molar-refractivity contribution is -0.122. The fourth-order valence-electron chi connectivity index (χ4n) is 2.89. The maximum absolute atomic E-state index is 12.7. The number of para-hydroxylation sites is 1. The fourth-order valence-corrected chi connectivity index (χ4v) is 2.89. The van der Waals surface area contributed by atoms with E-state index in [1.165, 1.54) is 0 Å². The highest BCUT2D eigenvalue weighted by molar-refractivity contribution is 6.07. The third-order valence-corrected chi connectivity index (χ3v) is 4.23. The zero-order chi connectivity index (χ0) is 14.8. The summed E-state index contributed by atoms with van der Waals surface area (Å²) in [6.07, 6.45) is 2.15. The summed E-state index contributed by atoms with van der Waals surface area (Å²) in [5.41, 5.74) is 1.83. The summed E-state index contributed by atoms with van der Waals surface area (Å²) in [4.78, 5) is 14.7. The second kappa shape index (κ2) is 5.96. The van der Waals surface area contributed by atoms with Crippen molar-refractivity contribution in [2.75, 3.05) is 18.0 Å². The standard InChI is InChI=1S/C17H26N2O/c1-5-11-18-13(6-2)12-19-15-10-8-7-9-14(15)17(3,4)16(19)20/h7-10,13,18H,5-6,11-12H2,1-4H3. The summed E-state index contributed by atoms with van der Waals surface area (Å²) in [6.45, 7) is 10.1. The van der Waals surface area contributed by atoms with Crippen LogP contribution in [0.25, 0.3) is 0 Å². The highest BCUT2D eigenvalue weighted by atomic mass is 16.2. The van der Waals surface area contributed by atoms with Gasteiger partial charge in [-0.15, -0.1) is 0 Å². The van der Waals surface area contributed by atoms with Gasteiger partial charge in [-0.25, -0.2) is 0 Å². The largest absolute Gasteiger partial charge is 0.312 e. The molecule has 0 bridgehead atoms. The number of amides is 1. The van der Waals surface area contributed by atoms with E-state index in [1.807, 2.05) is 30.9 Å². The lowest BCUT2D eigenvalue weighted by Gasteiger charge is -2.26. The first-order valence-corrected chi connectivity index (χ1v) is 7.67. The molecular weight excluding hydrogens is 248 g/mol. The van der Waals surface area contributed by atoms with Crippen molar-refractivity contribution >= 4 is 11.6 Å². The molecule has 1 aliphatic heterocycles. The third kappa shape index (κ3) is 2.59. The van der Waals surface area contributed by atoms with Crippen molar-refractivity contribution in [3.05, 3.63) is 29.8 Å². The van der Waals surface area contributed by atoms with Gasteiger partial charge in [-0.3, -0.25) is 4.79 Å². The molecule has 20 heavy (non-hydrogen) atoms.